The van der Waals surface area contributed by atoms with Crippen LogP contribution in [-0.2, 0) is 0 Å². The van der Waals surface area contributed by atoms with E-state index in [1.807, 2.05) is 11.8 Å². The Kier molecular flexibility index (Phi) is 5.60. The van der Waals surface area contributed by atoms with E-state index in [9.17, 15) is 0 Å². The summed E-state index contributed by atoms with van der Waals surface area (Å²) >= 11 is 1.82. The van der Waals surface area contributed by atoms with Gasteiger partial charge in [0.1, 0.15) is 0 Å². The van der Waals surface area contributed by atoms with E-state index < -0.39 is 0 Å². The number of aryl methyl sites for hydroxylation is 1. The Morgan fingerprint density at radius 2 is 2.00 bits per heavy atom. The highest BCUT2D eigenvalue weighted by Crippen LogP contribution is 2.19. The number of hydrogen-bond acceptors (Lipinski definition) is 3. The number of rotatable bonds is 5. The maximum absolute atomic E-state index is 5.50. The maximum Gasteiger partial charge on any atom is 0.0486 e. The Morgan fingerprint density at radius 1 is 1.38 bits per heavy atom. The summed E-state index contributed by atoms with van der Waals surface area (Å²) in [4.78, 5) is 1.29. The van der Waals surface area contributed by atoms with Crippen molar-refractivity contribution >= 4 is 11.8 Å². The first-order chi connectivity index (χ1) is 7.61. The third kappa shape index (κ3) is 4.84. The average molecular weight is 236 g/mol. The fourth-order valence-electron chi connectivity index (χ4n) is 1.37. The Balaban J connectivity index is 2.49. The van der Waals surface area contributed by atoms with Crippen molar-refractivity contribution in [3.05, 3.63) is 41.5 Å². The van der Waals surface area contributed by atoms with Gasteiger partial charge in [0, 0.05) is 16.7 Å². The minimum Gasteiger partial charge on any atom is -0.271 e. The molecule has 0 aromatic heterocycles. The van der Waals surface area contributed by atoms with E-state index in [2.05, 4.69) is 56.5 Å². The highest BCUT2D eigenvalue weighted by atomic mass is 32.2. The van der Waals surface area contributed by atoms with Gasteiger partial charge in [0.25, 0.3) is 0 Å². The number of benzene rings is 1. The molecule has 0 radical (unpaired) electrons. The van der Waals surface area contributed by atoms with Crippen LogP contribution in [0.2, 0.25) is 0 Å². The first-order valence-corrected chi connectivity index (χ1v) is 6.41. The quantitative estimate of drug-likeness (QED) is 0.357. The van der Waals surface area contributed by atoms with E-state index in [4.69, 9.17) is 5.84 Å². The van der Waals surface area contributed by atoms with Crippen molar-refractivity contribution in [3.63, 3.8) is 0 Å². The number of hydrazine groups is 1. The van der Waals surface area contributed by atoms with Crippen LogP contribution in [0, 0.1) is 6.92 Å². The SMILES string of the molecule is CC(C)=CC(CSc1ccc(C)cc1)NN. The second kappa shape index (κ2) is 6.74. The van der Waals surface area contributed by atoms with Gasteiger partial charge in [0.05, 0.1) is 0 Å². The number of nitrogens with two attached hydrogens (primary N) is 1. The number of nitrogens with one attached hydrogen (secondary N) is 1. The zero-order valence-corrected chi connectivity index (χ0v) is 11.0. The molecule has 0 fully saturated rings. The van der Waals surface area contributed by atoms with E-state index in [0.29, 0.717) is 0 Å². The molecule has 0 aliphatic carbocycles. The molecule has 1 unspecified atom stereocenters. The lowest BCUT2D eigenvalue weighted by atomic mass is 10.2. The molecule has 0 saturated heterocycles. The lowest BCUT2D eigenvalue weighted by Crippen LogP contribution is -2.35. The van der Waals surface area contributed by atoms with Gasteiger partial charge in [-0.15, -0.1) is 11.8 Å². The molecule has 3 N–H and O–H groups in total. The Morgan fingerprint density at radius 3 is 2.50 bits per heavy atom. The summed E-state index contributed by atoms with van der Waals surface area (Å²) in [5, 5.41) is 0. The van der Waals surface area contributed by atoms with Crippen LogP contribution in [0.3, 0.4) is 0 Å². The molecule has 2 nitrogen and oxygen atoms in total. The fourth-order valence-corrected chi connectivity index (χ4v) is 2.26. The van der Waals surface area contributed by atoms with Gasteiger partial charge in [-0.1, -0.05) is 29.3 Å². The van der Waals surface area contributed by atoms with Crippen molar-refractivity contribution in [3.8, 4) is 0 Å². The van der Waals surface area contributed by atoms with Crippen molar-refractivity contribution in [2.75, 3.05) is 5.75 Å². The number of hydrogen-bond donors (Lipinski definition) is 2. The predicted octanol–water partition coefficient (Wildman–Crippen LogP) is 2.89. The normalized spacial score (nSPS) is 12.2. The van der Waals surface area contributed by atoms with E-state index in [1.54, 1.807) is 0 Å². The first kappa shape index (κ1) is 13.3. The molecule has 1 atom stereocenters. The summed E-state index contributed by atoms with van der Waals surface area (Å²) in [6.45, 7) is 6.27. The molecule has 0 spiro atoms. The molecule has 0 saturated carbocycles. The molecule has 0 heterocycles. The predicted molar refractivity (Wildman–Crippen MR) is 72.4 cm³/mol. The number of allylic oxidation sites excluding steroid dienone is 1. The van der Waals surface area contributed by atoms with Crippen molar-refractivity contribution in [1.29, 1.82) is 0 Å². The summed E-state index contributed by atoms with van der Waals surface area (Å²) in [6, 6.07) is 8.80. The molecule has 0 bridgehead atoms. The molecule has 0 aliphatic rings. The molecule has 16 heavy (non-hydrogen) atoms. The van der Waals surface area contributed by atoms with Gasteiger partial charge in [0.15, 0.2) is 0 Å². The lowest BCUT2D eigenvalue weighted by Gasteiger charge is -2.11. The topological polar surface area (TPSA) is 38.0 Å². The van der Waals surface area contributed by atoms with Crippen LogP contribution in [0.1, 0.15) is 19.4 Å². The highest BCUT2D eigenvalue weighted by Gasteiger charge is 2.03. The monoisotopic (exact) mass is 236 g/mol. The van der Waals surface area contributed by atoms with Gasteiger partial charge < -0.3 is 0 Å². The molecular weight excluding hydrogens is 216 g/mol. The minimum atomic E-state index is 0.233. The molecule has 88 valence electrons. The Hall–Kier alpha value is -0.770. The summed E-state index contributed by atoms with van der Waals surface area (Å²) in [5.74, 6) is 6.45. The maximum atomic E-state index is 5.50. The van der Waals surface area contributed by atoms with Gasteiger partial charge in [0.2, 0.25) is 0 Å². The summed E-state index contributed by atoms with van der Waals surface area (Å²) in [7, 11) is 0. The van der Waals surface area contributed by atoms with Gasteiger partial charge in [-0.2, -0.15) is 0 Å². The molecule has 1 aromatic carbocycles. The number of thioether (sulfide) groups is 1. The summed E-state index contributed by atoms with van der Waals surface area (Å²) in [6.07, 6.45) is 2.15. The van der Waals surface area contributed by atoms with E-state index in [1.165, 1.54) is 16.0 Å². The Labute approximate surface area is 102 Å². The van der Waals surface area contributed by atoms with E-state index >= 15 is 0 Å². The summed E-state index contributed by atoms with van der Waals surface area (Å²) in [5.41, 5.74) is 5.40. The third-order valence-corrected chi connectivity index (χ3v) is 3.33. The van der Waals surface area contributed by atoms with Crippen LogP contribution >= 0.6 is 11.8 Å². The van der Waals surface area contributed by atoms with Gasteiger partial charge in [-0.05, 0) is 32.9 Å². The smallest absolute Gasteiger partial charge is 0.0486 e. The van der Waals surface area contributed by atoms with Crippen molar-refractivity contribution in [2.24, 2.45) is 5.84 Å². The minimum absolute atomic E-state index is 0.233. The third-order valence-electron chi connectivity index (χ3n) is 2.20. The molecule has 1 aromatic rings. The fraction of sp³-hybridized carbons (Fsp3) is 0.385. The molecule has 0 aliphatic heterocycles. The zero-order valence-electron chi connectivity index (χ0n) is 10.2. The van der Waals surface area contributed by atoms with Crippen LogP contribution < -0.4 is 11.3 Å². The van der Waals surface area contributed by atoms with Gasteiger partial charge in [-0.3, -0.25) is 11.3 Å². The summed E-state index contributed by atoms with van der Waals surface area (Å²) < 4.78 is 0. The largest absolute Gasteiger partial charge is 0.271 e. The van der Waals surface area contributed by atoms with Crippen LogP contribution in [0.4, 0.5) is 0 Å². The standard InChI is InChI=1S/C13H20N2S/c1-10(2)8-12(15-14)9-16-13-6-4-11(3)5-7-13/h4-8,12,15H,9,14H2,1-3H3. The molecular formula is C13H20N2S. The molecule has 0 amide bonds. The Bertz CT molecular complexity index is 339. The zero-order chi connectivity index (χ0) is 12.0. The van der Waals surface area contributed by atoms with Crippen LogP contribution in [-0.4, -0.2) is 11.8 Å². The van der Waals surface area contributed by atoms with Crippen LogP contribution in [0.5, 0.6) is 0 Å². The van der Waals surface area contributed by atoms with Gasteiger partial charge >= 0.3 is 0 Å². The van der Waals surface area contributed by atoms with Crippen molar-refractivity contribution in [2.45, 2.75) is 31.7 Å². The molecule has 3 heteroatoms. The second-order valence-electron chi connectivity index (χ2n) is 4.14. The average Bonchev–Trinajstić information content (AvgIpc) is 2.26. The molecule has 1 rings (SSSR count). The lowest BCUT2D eigenvalue weighted by molar-refractivity contribution is 0.673. The van der Waals surface area contributed by atoms with Crippen LogP contribution in [0.25, 0.3) is 0 Å². The van der Waals surface area contributed by atoms with Crippen molar-refractivity contribution in [1.82, 2.24) is 5.43 Å². The van der Waals surface area contributed by atoms with E-state index in [-0.39, 0.29) is 6.04 Å². The van der Waals surface area contributed by atoms with Crippen molar-refractivity contribution < 1.29 is 0 Å². The van der Waals surface area contributed by atoms with E-state index in [0.717, 1.165) is 5.75 Å². The second-order valence-corrected chi connectivity index (χ2v) is 5.23. The highest BCUT2D eigenvalue weighted by molar-refractivity contribution is 7.99. The first-order valence-electron chi connectivity index (χ1n) is 5.42. The van der Waals surface area contributed by atoms with Crippen LogP contribution in [0.15, 0.2) is 40.8 Å². The van der Waals surface area contributed by atoms with Gasteiger partial charge in [-0.25, -0.2) is 0 Å².